The second-order valence-electron chi connectivity index (χ2n) is 20.7. The van der Waals surface area contributed by atoms with Gasteiger partial charge in [-0.1, -0.05) is 119 Å². The standard InChI is InChI=1S/C46H82O4/c1-9-10-11-12-13-14-15-16-17-18-19-20-21-22-40(48)50-39-28-30-45-33-46(45)32-31-43(7)35(34(2)23-26-38(47)42(5,6)49)27-29-44(43,8)37(46)25-24-36(45)41(39,3)4/h34-39,47,49H,9-33H2,1-8H3/t34-,35-,36+,37+,38-,39+,43-,44+,45-,46+/m1/s1. The molecule has 5 rings (SSSR count). The van der Waals surface area contributed by atoms with Crippen molar-refractivity contribution in [1.29, 1.82) is 0 Å². The molecular weight excluding hydrogens is 617 g/mol. The minimum absolute atomic E-state index is 0.0497. The summed E-state index contributed by atoms with van der Waals surface area (Å²) in [6, 6.07) is 0. The van der Waals surface area contributed by atoms with Crippen LogP contribution < -0.4 is 0 Å². The summed E-state index contributed by atoms with van der Waals surface area (Å²) >= 11 is 0. The van der Waals surface area contributed by atoms with Gasteiger partial charge in [0, 0.05) is 11.8 Å². The summed E-state index contributed by atoms with van der Waals surface area (Å²) in [6.45, 7) is 18.4. The van der Waals surface area contributed by atoms with Gasteiger partial charge in [-0.3, -0.25) is 4.79 Å². The van der Waals surface area contributed by atoms with Gasteiger partial charge in [-0.05, 0) is 136 Å². The number of hydrogen-bond acceptors (Lipinski definition) is 4. The van der Waals surface area contributed by atoms with Crippen LogP contribution in [0, 0.1) is 50.7 Å². The fraction of sp³-hybridized carbons (Fsp3) is 0.978. The van der Waals surface area contributed by atoms with E-state index in [2.05, 4.69) is 41.5 Å². The van der Waals surface area contributed by atoms with E-state index in [0.717, 1.165) is 31.6 Å². The van der Waals surface area contributed by atoms with E-state index in [1.807, 2.05) is 0 Å². The van der Waals surface area contributed by atoms with Gasteiger partial charge in [-0.25, -0.2) is 0 Å². The Kier molecular flexibility index (Phi) is 13.0. The van der Waals surface area contributed by atoms with Crippen molar-refractivity contribution >= 4 is 5.97 Å². The third-order valence-electron chi connectivity index (χ3n) is 17.3. The maximum absolute atomic E-state index is 13.1. The van der Waals surface area contributed by atoms with Crippen molar-refractivity contribution in [2.45, 2.75) is 234 Å². The Morgan fingerprint density at radius 1 is 0.720 bits per heavy atom. The molecule has 4 heteroatoms. The molecule has 0 aromatic heterocycles. The number of aliphatic hydroxyl groups excluding tert-OH is 1. The summed E-state index contributed by atoms with van der Waals surface area (Å²) in [5, 5.41) is 20.9. The molecule has 2 spiro atoms. The molecule has 4 nitrogen and oxygen atoms in total. The van der Waals surface area contributed by atoms with E-state index in [9.17, 15) is 15.0 Å². The van der Waals surface area contributed by atoms with Crippen LogP contribution in [0.25, 0.3) is 0 Å². The lowest BCUT2D eigenvalue weighted by molar-refractivity contribution is -0.183. The maximum Gasteiger partial charge on any atom is 0.306 e. The van der Waals surface area contributed by atoms with Gasteiger partial charge in [0.25, 0.3) is 0 Å². The zero-order valence-corrected chi connectivity index (χ0v) is 34.4. The highest BCUT2D eigenvalue weighted by atomic mass is 16.5. The molecule has 0 aromatic rings. The molecule has 2 N–H and O–H groups in total. The number of carbonyl (C=O) groups is 1. The molecule has 10 atom stereocenters. The average Bonchev–Trinajstić information content (AvgIpc) is 3.64. The first-order chi connectivity index (χ1) is 23.6. The van der Waals surface area contributed by atoms with Gasteiger partial charge in [0.2, 0.25) is 0 Å². The fourth-order valence-electron chi connectivity index (χ4n) is 14.0. The molecule has 0 aliphatic heterocycles. The van der Waals surface area contributed by atoms with Crippen LogP contribution in [0.2, 0.25) is 0 Å². The Hall–Kier alpha value is -0.610. The third kappa shape index (κ3) is 7.66. The van der Waals surface area contributed by atoms with Gasteiger partial charge in [-0.2, -0.15) is 0 Å². The monoisotopic (exact) mass is 699 g/mol. The lowest BCUT2D eigenvalue weighted by atomic mass is 9.41. The van der Waals surface area contributed by atoms with E-state index in [0.29, 0.717) is 52.3 Å². The third-order valence-corrected chi connectivity index (χ3v) is 17.3. The van der Waals surface area contributed by atoms with Crippen LogP contribution >= 0.6 is 0 Å². The molecule has 0 heterocycles. The summed E-state index contributed by atoms with van der Waals surface area (Å²) in [7, 11) is 0. The first kappa shape index (κ1) is 40.6. The Balaban J connectivity index is 1.07. The zero-order chi connectivity index (χ0) is 36.4. The predicted octanol–water partition coefficient (Wildman–Crippen LogP) is 12.4. The molecule has 5 fully saturated rings. The minimum Gasteiger partial charge on any atom is -0.462 e. The summed E-state index contributed by atoms with van der Waals surface area (Å²) in [4.78, 5) is 13.1. The van der Waals surface area contributed by atoms with Crippen molar-refractivity contribution in [3.05, 3.63) is 0 Å². The quantitative estimate of drug-likeness (QED) is 0.0981. The summed E-state index contributed by atoms with van der Waals surface area (Å²) in [5.74, 6) is 2.81. The van der Waals surface area contributed by atoms with E-state index in [-0.39, 0.29) is 17.5 Å². The van der Waals surface area contributed by atoms with Crippen molar-refractivity contribution in [1.82, 2.24) is 0 Å². The molecular formula is C46H82O4. The first-order valence-corrected chi connectivity index (χ1v) is 22.2. The van der Waals surface area contributed by atoms with E-state index >= 15 is 0 Å². The molecule has 290 valence electrons. The van der Waals surface area contributed by atoms with Crippen LogP contribution in [0.4, 0.5) is 0 Å². The van der Waals surface area contributed by atoms with Crippen LogP contribution in [-0.2, 0) is 9.53 Å². The Morgan fingerprint density at radius 2 is 1.28 bits per heavy atom. The van der Waals surface area contributed by atoms with Gasteiger partial charge < -0.3 is 14.9 Å². The first-order valence-electron chi connectivity index (χ1n) is 22.2. The van der Waals surface area contributed by atoms with Crippen LogP contribution in [-0.4, -0.2) is 34.0 Å². The van der Waals surface area contributed by atoms with Crippen molar-refractivity contribution in [2.24, 2.45) is 50.7 Å². The Morgan fingerprint density at radius 3 is 1.88 bits per heavy atom. The van der Waals surface area contributed by atoms with Crippen LogP contribution in [0.3, 0.4) is 0 Å². The molecule has 0 unspecified atom stereocenters. The van der Waals surface area contributed by atoms with Crippen LogP contribution in [0.15, 0.2) is 0 Å². The molecule has 50 heavy (non-hydrogen) atoms. The SMILES string of the molecule is CCCCCCCCCCCCCCCC(=O)O[C@H]1CC[C@]23C[C@]24CC[C@]2(C)[C@@H]([C@H](C)CC[C@@H](O)C(C)(C)O)CC[C@@]2(C)[C@@H]4CC[C@H]3C1(C)C. The number of fused-ring (bicyclic) bond motifs is 2. The number of ether oxygens (including phenoxy) is 1. The van der Waals surface area contributed by atoms with Crippen molar-refractivity contribution in [2.75, 3.05) is 0 Å². The highest BCUT2D eigenvalue weighted by molar-refractivity contribution is 5.69. The topological polar surface area (TPSA) is 66.8 Å². The van der Waals surface area contributed by atoms with Gasteiger partial charge in [0.1, 0.15) is 6.10 Å². The zero-order valence-electron chi connectivity index (χ0n) is 34.4. The minimum atomic E-state index is -1.03. The lowest BCUT2D eigenvalue weighted by Crippen LogP contribution is -2.58. The maximum atomic E-state index is 13.1. The number of carbonyl (C=O) groups excluding carboxylic acids is 1. The second kappa shape index (κ2) is 16.0. The lowest BCUT2D eigenvalue weighted by Gasteiger charge is -2.63. The van der Waals surface area contributed by atoms with Crippen molar-refractivity contribution < 1.29 is 19.7 Å². The number of hydrogen-bond donors (Lipinski definition) is 2. The molecule has 0 bridgehead atoms. The van der Waals surface area contributed by atoms with E-state index in [4.69, 9.17) is 4.74 Å². The largest absolute Gasteiger partial charge is 0.462 e. The molecule has 0 amide bonds. The van der Waals surface area contributed by atoms with E-state index < -0.39 is 11.7 Å². The summed E-state index contributed by atoms with van der Waals surface area (Å²) in [6.07, 6.45) is 30.7. The second-order valence-corrected chi connectivity index (χ2v) is 20.7. The number of aliphatic hydroxyl groups is 2. The van der Waals surface area contributed by atoms with Crippen molar-refractivity contribution in [3.63, 3.8) is 0 Å². The highest BCUT2D eigenvalue weighted by Gasteiger charge is 2.82. The van der Waals surface area contributed by atoms with E-state index in [1.165, 1.54) is 122 Å². The van der Waals surface area contributed by atoms with Crippen LogP contribution in [0.1, 0.15) is 216 Å². The average molecular weight is 699 g/mol. The molecule has 5 saturated carbocycles. The summed E-state index contributed by atoms with van der Waals surface area (Å²) < 4.78 is 6.39. The normalized spacial score (nSPS) is 38.4. The summed E-state index contributed by atoms with van der Waals surface area (Å²) in [5.41, 5.74) is 0.723. The fourth-order valence-corrected chi connectivity index (χ4v) is 14.0. The Bertz CT molecular complexity index is 1110. The van der Waals surface area contributed by atoms with Crippen LogP contribution in [0.5, 0.6) is 0 Å². The number of rotatable bonds is 20. The molecule has 5 aliphatic rings. The highest BCUT2D eigenvalue weighted by Crippen LogP contribution is 2.89. The van der Waals surface area contributed by atoms with Gasteiger partial charge in [0.15, 0.2) is 0 Å². The smallest absolute Gasteiger partial charge is 0.306 e. The number of esters is 1. The van der Waals surface area contributed by atoms with Gasteiger partial charge in [0.05, 0.1) is 11.7 Å². The van der Waals surface area contributed by atoms with Gasteiger partial charge >= 0.3 is 5.97 Å². The van der Waals surface area contributed by atoms with Gasteiger partial charge in [-0.15, -0.1) is 0 Å². The number of unbranched alkanes of at least 4 members (excludes halogenated alkanes) is 12. The molecule has 0 saturated heterocycles. The molecule has 0 radical (unpaired) electrons. The predicted molar refractivity (Wildman–Crippen MR) is 208 cm³/mol. The molecule has 0 aromatic carbocycles. The van der Waals surface area contributed by atoms with Crippen molar-refractivity contribution in [3.8, 4) is 0 Å². The molecule has 5 aliphatic carbocycles. The Labute approximate surface area is 309 Å². The van der Waals surface area contributed by atoms with E-state index in [1.54, 1.807) is 13.8 Å².